The van der Waals surface area contributed by atoms with Crippen molar-refractivity contribution in [3.8, 4) is 0 Å². The van der Waals surface area contributed by atoms with Crippen molar-refractivity contribution < 1.29 is 14.4 Å². The van der Waals surface area contributed by atoms with Crippen LogP contribution in [0.3, 0.4) is 0 Å². The number of aromatic nitrogens is 1. The summed E-state index contributed by atoms with van der Waals surface area (Å²) in [7, 11) is 0. The Morgan fingerprint density at radius 3 is 2.52 bits per heavy atom. The zero-order chi connectivity index (χ0) is 16.2. The molecule has 6 heteroatoms. The van der Waals surface area contributed by atoms with Crippen LogP contribution in [0, 0.1) is 11.8 Å². The fourth-order valence-corrected chi connectivity index (χ4v) is 3.46. The van der Waals surface area contributed by atoms with Gasteiger partial charge in [0, 0.05) is 31.9 Å². The topological polar surface area (TPSA) is 79.4 Å². The smallest absolute Gasteiger partial charge is 0.233 e. The SMILES string of the molecule is O=C(CCN1C(=O)[C@@H]2CCCC[C@H]2C1=O)NCc1cccnc1. The van der Waals surface area contributed by atoms with E-state index in [1.165, 1.54) is 4.90 Å². The average molecular weight is 315 g/mol. The number of pyridine rings is 1. The van der Waals surface area contributed by atoms with E-state index in [0.29, 0.717) is 6.54 Å². The summed E-state index contributed by atoms with van der Waals surface area (Å²) in [5.41, 5.74) is 0.917. The highest BCUT2D eigenvalue weighted by molar-refractivity contribution is 6.05. The van der Waals surface area contributed by atoms with Gasteiger partial charge in [-0.3, -0.25) is 24.3 Å². The quantitative estimate of drug-likeness (QED) is 0.830. The summed E-state index contributed by atoms with van der Waals surface area (Å²) in [5, 5.41) is 2.79. The van der Waals surface area contributed by atoms with Crippen LogP contribution in [0.15, 0.2) is 24.5 Å². The first-order valence-corrected chi connectivity index (χ1v) is 8.17. The van der Waals surface area contributed by atoms with Crippen LogP contribution in [-0.2, 0) is 20.9 Å². The lowest BCUT2D eigenvalue weighted by atomic mass is 9.81. The average Bonchev–Trinajstić information content (AvgIpc) is 2.83. The molecule has 23 heavy (non-hydrogen) atoms. The molecule has 3 rings (SSSR count). The molecule has 0 radical (unpaired) electrons. The molecule has 1 aliphatic carbocycles. The van der Waals surface area contributed by atoms with Gasteiger partial charge in [0.1, 0.15) is 0 Å². The first kappa shape index (κ1) is 15.6. The zero-order valence-corrected chi connectivity index (χ0v) is 13.0. The summed E-state index contributed by atoms with van der Waals surface area (Å²) in [5.74, 6) is -0.617. The molecule has 2 fully saturated rings. The van der Waals surface area contributed by atoms with E-state index in [0.717, 1.165) is 31.2 Å². The maximum atomic E-state index is 12.3. The summed E-state index contributed by atoms with van der Waals surface area (Å²) < 4.78 is 0. The van der Waals surface area contributed by atoms with E-state index in [-0.39, 0.29) is 42.5 Å². The van der Waals surface area contributed by atoms with Gasteiger partial charge in [0.15, 0.2) is 0 Å². The zero-order valence-electron chi connectivity index (χ0n) is 13.0. The molecule has 1 aliphatic heterocycles. The highest BCUT2D eigenvalue weighted by atomic mass is 16.2. The summed E-state index contributed by atoms with van der Waals surface area (Å²) in [6.07, 6.45) is 7.15. The van der Waals surface area contributed by atoms with E-state index in [2.05, 4.69) is 10.3 Å². The van der Waals surface area contributed by atoms with Gasteiger partial charge < -0.3 is 5.32 Å². The minimum absolute atomic E-state index is 0.0836. The van der Waals surface area contributed by atoms with Gasteiger partial charge in [0.05, 0.1) is 11.8 Å². The molecule has 2 atom stereocenters. The molecular formula is C17H21N3O3. The van der Waals surface area contributed by atoms with E-state index < -0.39 is 0 Å². The van der Waals surface area contributed by atoms with Gasteiger partial charge in [-0.1, -0.05) is 18.9 Å². The molecule has 1 aromatic heterocycles. The lowest BCUT2D eigenvalue weighted by Gasteiger charge is -2.19. The largest absolute Gasteiger partial charge is 0.352 e. The summed E-state index contributed by atoms with van der Waals surface area (Å²) >= 11 is 0. The molecule has 122 valence electrons. The molecule has 6 nitrogen and oxygen atoms in total. The van der Waals surface area contributed by atoms with Crippen molar-refractivity contribution in [1.82, 2.24) is 15.2 Å². The van der Waals surface area contributed by atoms with E-state index in [4.69, 9.17) is 0 Å². The Balaban J connectivity index is 1.49. The van der Waals surface area contributed by atoms with Gasteiger partial charge in [0.2, 0.25) is 17.7 Å². The maximum absolute atomic E-state index is 12.3. The van der Waals surface area contributed by atoms with Crippen molar-refractivity contribution in [3.63, 3.8) is 0 Å². The van der Waals surface area contributed by atoms with Crippen LogP contribution in [0.25, 0.3) is 0 Å². The third-order valence-corrected chi connectivity index (χ3v) is 4.71. The number of amides is 3. The van der Waals surface area contributed by atoms with Gasteiger partial charge in [-0.15, -0.1) is 0 Å². The molecular weight excluding hydrogens is 294 g/mol. The second-order valence-electron chi connectivity index (χ2n) is 6.21. The second-order valence-corrected chi connectivity index (χ2v) is 6.21. The Hall–Kier alpha value is -2.24. The fourth-order valence-electron chi connectivity index (χ4n) is 3.46. The third kappa shape index (κ3) is 3.41. The minimum Gasteiger partial charge on any atom is -0.352 e. The van der Waals surface area contributed by atoms with Gasteiger partial charge >= 0.3 is 0 Å². The van der Waals surface area contributed by atoms with E-state index in [9.17, 15) is 14.4 Å². The van der Waals surface area contributed by atoms with Gasteiger partial charge in [-0.2, -0.15) is 0 Å². The number of rotatable bonds is 5. The van der Waals surface area contributed by atoms with Crippen LogP contribution >= 0.6 is 0 Å². The summed E-state index contributed by atoms with van der Waals surface area (Å²) in [4.78, 5) is 41.8. The van der Waals surface area contributed by atoms with Crippen molar-refractivity contribution >= 4 is 17.7 Å². The van der Waals surface area contributed by atoms with Crippen LogP contribution < -0.4 is 5.32 Å². The molecule has 3 amide bonds. The fraction of sp³-hybridized carbons (Fsp3) is 0.529. The van der Waals surface area contributed by atoms with E-state index in [1.807, 2.05) is 12.1 Å². The molecule has 0 spiro atoms. The van der Waals surface area contributed by atoms with Crippen LogP contribution in [0.4, 0.5) is 0 Å². The van der Waals surface area contributed by atoms with Crippen molar-refractivity contribution in [3.05, 3.63) is 30.1 Å². The number of hydrogen-bond donors (Lipinski definition) is 1. The molecule has 1 saturated carbocycles. The normalized spacial score (nSPS) is 23.7. The Kier molecular flexibility index (Phi) is 4.69. The number of nitrogens with zero attached hydrogens (tertiary/aromatic N) is 2. The standard InChI is InChI=1S/C17H21N3O3/c21-15(19-11-12-4-3-8-18-10-12)7-9-20-16(22)13-5-1-2-6-14(13)17(20)23/h3-4,8,10,13-14H,1-2,5-7,9,11H2,(H,19,21)/t13-,14-/m1/s1. The first-order chi connectivity index (χ1) is 11.2. The summed E-state index contributed by atoms with van der Waals surface area (Å²) in [6, 6.07) is 3.69. The van der Waals surface area contributed by atoms with Crippen LogP contribution in [0.2, 0.25) is 0 Å². The molecule has 2 heterocycles. The predicted molar refractivity (Wildman–Crippen MR) is 82.9 cm³/mol. The number of imide groups is 1. The predicted octanol–water partition coefficient (Wildman–Crippen LogP) is 1.26. The summed E-state index contributed by atoms with van der Waals surface area (Å²) in [6.45, 7) is 0.587. The number of carbonyl (C=O) groups excluding carboxylic acids is 3. The van der Waals surface area contributed by atoms with Crippen molar-refractivity contribution in [2.75, 3.05) is 6.54 Å². The Labute approximate surface area is 135 Å². The van der Waals surface area contributed by atoms with Gasteiger partial charge in [-0.25, -0.2) is 0 Å². The second kappa shape index (κ2) is 6.89. The minimum atomic E-state index is -0.163. The van der Waals surface area contributed by atoms with Crippen LogP contribution in [0.5, 0.6) is 0 Å². The van der Waals surface area contributed by atoms with Crippen molar-refractivity contribution in [2.45, 2.75) is 38.6 Å². The highest BCUT2D eigenvalue weighted by Crippen LogP contribution is 2.37. The monoisotopic (exact) mass is 315 g/mol. The number of hydrogen-bond acceptors (Lipinski definition) is 4. The molecule has 0 aromatic carbocycles. The van der Waals surface area contributed by atoms with E-state index >= 15 is 0 Å². The number of carbonyl (C=O) groups is 3. The molecule has 1 saturated heterocycles. The van der Waals surface area contributed by atoms with Crippen molar-refractivity contribution in [2.24, 2.45) is 11.8 Å². The third-order valence-electron chi connectivity index (χ3n) is 4.71. The Morgan fingerprint density at radius 2 is 1.91 bits per heavy atom. The molecule has 2 aliphatic rings. The van der Waals surface area contributed by atoms with Gasteiger partial charge in [-0.05, 0) is 24.5 Å². The lowest BCUT2D eigenvalue weighted by molar-refractivity contribution is -0.140. The van der Waals surface area contributed by atoms with Crippen LogP contribution in [-0.4, -0.2) is 34.2 Å². The van der Waals surface area contributed by atoms with Crippen molar-refractivity contribution in [1.29, 1.82) is 0 Å². The number of likely N-dealkylation sites (tertiary alicyclic amines) is 1. The van der Waals surface area contributed by atoms with E-state index in [1.54, 1.807) is 12.4 Å². The molecule has 0 bridgehead atoms. The van der Waals surface area contributed by atoms with Gasteiger partial charge in [0.25, 0.3) is 0 Å². The lowest BCUT2D eigenvalue weighted by Crippen LogP contribution is -2.35. The molecule has 1 aromatic rings. The number of fused-ring (bicyclic) bond motifs is 1. The molecule has 0 unspecified atom stereocenters. The number of nitrogens with one attached hydrogen (secondary N) is 1. The highest BCUT2D eigenvalue weighted by Gasteiger charge is 2.47. The van der Waals surface area contributed by atoms with Crippen LogP contribution in [0.1, 0.15) is 37.7 Å². The Bertz CT molecular complexity index is 578. The maximum Gasteiger partial charge on any atom is 0.233 e. The molecule has 1 N–H and O–H groups in total. The first-order valence-electron chi connectivity index (χ1n) is 8.17. The Morgan fingerprint density at radius 1 is 1.22 bits per heavy atom.